The summed E-state index contributed by atoms with van der Waals surface area (Å²) in [5.41, 5.74) is 1.47. The number of ether oxygens (including phenoxy) is 2. The van der Waals surface area contributed by atoms with Gasteiger partial charge in [-0.05, 0) is 63.1 Å². The molecule has 0 saturated heterocycles. The van der Waals surface area contributed by atoms with Gasteiger partial charge in [-0.3, -0.25) is 4.79 Å². The second-order valence-electron chi connectivity index (χ2n) is 11.0. The SMILES string of the molecule is CCc1nc(-c2cc3c(=O)n(C)cc(-c4cc(C(C)(C)O)c(F)cc4Oc4c(C)cc(F)cc4C)c3o2)c(COC)[nH]1. The zero-order chi connectivity index (χ0) is 30.5. The second-order valence-corrected chi connectivity index (χ2v) is 11.0. The third-order valence-electron chi connectivity index (χ3n) is 7.19. The third-order valence-corrected chi connectivity index (χ3v) is 7.19. The van der Waals surface area contributed by atoms with E-state index in [4.69, 9.17) is 13.9 Å². The minimum Gasteiger partial charge on any atom is -0.456 e. The van der Waals surface area contributed by atoms with Crippen LogP contribution in [0.2, 0.25) is 0 Å². The van der Waals surface area contributed by atoms with Crippen LogP contribution >= 0.6 is 0 Å². The molecule has 0 amide bonds. The van der Waals surface area contributed by atoms with E-state index >= 15 is 4.39 Å². The number of hydrogen-bond acceptors (Lipinski definition) is 6. The van der Waals surface area contributed by atoms with Gasteiger partial charge in [-0.2, -0.15) is 0 Å². The molecule has 10 heteroatoms. The van der Waals surface area contributed by atoms with Crippen LogP contribution in [0.5, 0.6) is 11.5 Å². The molecular weight excluding hydrogens is 544 g/mol. The van der Waals surface area contributed by atoms with Crippen molar-refractivity contribution in [2.75, 3.05) is 7.11 Å². The third kappa shape index (κ3) is 5.23. The number of rotatable bonds is 8. The summed E-state index contributed by atoms with van der Waals surface area (Å²) >= 11 is 0. The zero-order valence-corrected chi connectivity index (χ0v) is 24.6. The van der Waals surface area contributed by atoms with Crippen LogP contribution in [0.1, 0.15) is 49.0 Å². The fraction of sp³-hybridized carbons (Fsp3) is 0.312. The molecule has 3 aromatic heterocycles. The Hall–Kier alpha value is -4.28. The van der Waals surface area contributed by atoms with Crippen molar-refractivity contribution in [1.82, 2.24) is 14.5 Å². The lowest BCUT2D eigenvalue weighted by Crippen LogP contribution is -2.18. The first kappa shape index (κ1) is 29.2. The molecule has 0 radical (unpaired) electrons. The second kappa shape index (κ2) is 10.8. The highest BCUT2D eigenvalue weighted by Crippen LogP contribution is 2.43. The van der Waals surface area contributed by atoms with E-state index in [1.807, 2.05) is 6.92 Å². The lowest BCUT2D eigenvalue weighted by Gasteiger charge is -2.22. The predicted octanol–water partition coefficient (Wildman–Crippen LogP) is 6.81. The average molecular weight is 578 g/mol. The standard InChI is InChI=1S/C32H33F2N3O5/c1-8-27-35-24(15-40-7)28(36-27)26-12-20-30(42-26)21(14-37(6)31(20)38)19-11-22(32(4,5)39)23(34)13-25(19)41-29-16(2)9-18(33)10-17(29)3/h9-14,39H,8,15H2,1-7H3,(H,35,36). The van der Waals surface area contributed by atoms with E-state index in [1.165, 1.54) is 42.7 Å². The summed E-state index contributed by atoms with van der Waals surface area (Å²) < 4.78 is 48.8. The number of imidazole rings is 1. The lowest BCUT2D eigenvalue weighted by molar-refractivity contribution is 0.0745. The Morgan fingerprint density at radius 1 is 1.10 bits per heavy atom. The van der Waals surface area contributed by atoms with E-state index in [9.17, 15) is 14.3 Å². The van der Waals surface area contributed by atoms with Crippen molar-refractivity contribution in [3.63, 3.8) is 0 Å². The van der Waals surface area contributed by atoms with Crippen LogP contribution in [0.3, 0.4) is 0 Å². The number of aromatic nitrogens is 3. The summed E-state index contributed by atoms with van der Waals surface area (Å²) in [7, 11) is 3.18. The first-order chi connectivity index (χ1) is 19.8. The fourth-order valence-corrected chi connectivity index (χ4v) is 5.13. The number of furan rings is 1. The molecule has 8 nitrogen and oxygen atoms in total. The number of halogens is 2. The summed E-state index contributed by atoms with van der Waals surface area (Å²) in [6, 6.07) is 6.97. The van der Waals surface area contributed by atoms with Gasteiger partial charge in [0.2, 0.25) is 0 Å². The molecule has 0 atom stereocenters. The van der Waals surface area contributed by atoms with Gasteiger partial charge in [0.1, 0.15) is 40.2 Å². The smallest absolute Gasteiger partial charge is 0.261 e. The Balaban J connectivity index is 1.80. The zero-order valence-electron chi connectivity index (χ0n) is 24.6. The Morgan fingerprint density at radius 3 is 2.40 bits per heavy atom. The maximum absolute atomic E-state index is 15.4. The Morgan fingerprint density at radius 2 is 1.79 bits per heavy atom. The van der Waals surface area contributed by atoms with Gasteiger partial charge in [-0.25, -0.2) is 13.8 Å². The molecule has 5 rings (SSSR count). The molecule has 5 aromatic rings. The van der Waals surface area contributed by atoms with Gasteiger partial charge in [0.15, 0.2) is 5.76 Å². The van der Waals surface area contributed by atoms with Crippen LogP contribution in [0.15, 0.2) is 45.7 Å². The van der Waals surface area contributed by atoms with Gasteiger partial charge in [0.25, 0.3) is 5.56 Å². The highest BCUT2D eigenvalue weighted by atomic mass is 19.1. The number of pyridine rings is 1. The number of methoxy groups -OCH3 is 1. The molecule has 2 aromatic carbocycles. The molecule has 2 N–H and O–H groups in total. The van der Waals surface area contributed by atoms with E-state index in [-0.39, 0.29) is 34.4 Å². The van der Waals surface area contributed by atoms with Gasteiger partial charge in [-0.15, -0.1) is 0 Å². The van der Waals surface area contributed by atoms with Crippen molar-refractivity contribution >= 4 is 11.0 Å². The number of hydrogen-bond donors (Lipinski definition) is 2. The first-order valence-corrected chi connectivity index (χ1v) is 13.5. The molecule has 0 spiro atoms. The maximum Gasteiger partial charge on any atom is 0.261 e. The Bertz CT molecular complexity index is 1860. The van der Waals surface area contributed by atoms with Crippen molar-refractivity contribution in [2.24, 2.45) is 7.05 Å². The van der Waals surface area contributed by atoms with Crippen LogP contribution < -0.4 is 10.3 Å². The quantitative estimate of drug-likeness (QED) is 0.210. The minimum absolute atomic E-state index is 0.0217. The first-order valence-electron chi connectivity index (χ1n) is 13.5. The number of H-pyrrole nitrogens is 1. The van der Waals surface area contributed by atoms with Crippen LogP contribution in [-0.2, 0) is 30.4 Å². The van der Waals surface area contributed by atoms with E-state index in [2.05, 4.69) is 9.97 Å². The van der Waals surface area contributed by atoms with Crippen molar-refractivity contribution in [3.8, 4) is 34.1 Å². The molecule has 0 fully saturated rings. The summed E-state index contributed by atoms with van der Waals surface area (Å²) in [5, 5.41) is 11.1. The molecule has 42 heavy (non-hydrogen) atoms. The largest absolute Gasteiger partial charge is 0.456 e. The number of fused-ring (bicyclic) bond motifs is 1. The molecule has 0 aliphatic heterocycles. The lowest BCUT2D eigenvalue weighted by atomic mass is 9.93. The number of aliphatic hydroxyl groups is 1. The van der Waals surface area contributed by atoms with Crippen molar-refractivity contribution < 1.29 is 27.8 Å². The maximum atomic E-state index is 15.4. The topological polar surface area (TPSA) is 103 Å². The van der Waals surface area contributed by atoms with Crippen molar-refractivity contribution in [2.45, 2.75) is 53.2 Å². The highest BCUT2D eigenvalue weighted by molar-refractivity contribution is 5.95. The monoisotopic (exact) mass is 577 g/mol. The van der Waals surface area contributed by atoms with E-state index in [0.717, 1.165) is 5.82 Å². The van der Waals surface area contributed by atoms with Gasteiger partial charge in [-0.1, -0.05) is 6.92 Å². The van der Waals surface area contributed by atoms with Crippen LogP contribution in [-0.4, -0.2) is 26.8 Å². The Labute approximate surface area is 241 Å². The number of benzene rings is 2. The minimum atomic E-state index is -1.53. The number of nitrogens with zero attached hydrogens (tertiary/aromatic N) is 2. The summed E-state index contributed by atoms with van der Waals surface area (Å²) in [6.45, 7) is 8.57. The van der Waals surface area contributed by atoms with Gasteiger partial charge >= 0.3 is 0 Å². The summed E-state index contributed by atoms with van der Waals surface area (Å²) in [4.78, 5) is 21.2. The van der Waals surface area contributed by atoms with Gasteiger partial charge < -0.3 is 28.5 Å². The van der Waals surface area contributed by atoms with Crippen molar-refractivity contribution in [1.29, 1.82) is 0 Å². The molecule has 0 aliphatic carbocycles. The average Bonchev–Trinajstić information content (AvgIpc) is 3.53. The van der Waals surface area contributed by atoms with Gasteiger partial charge in [0.05, 0.1) is 23.3 Å². The predicted molar refractivity (Wildman–Crippen MR) is 156 cm³/mol. The fourth-order valence-electron chi connectivity index (χ4n) is 5.13. The molecular formula is C32H33F2N3O5. The highest BCUT2D eigenvalue weighted by Gasteiger charge is 2.27. The van der Waals surface area contributed by atoms with Crippen LogP contribution in [0, 0.1) is 25.5 Å². The molecule has 0 unspecified atom stereocenters. The van der Waals surface area contributed by atoms with Crippen LogP contribution in [0.4, 0.5) is 8.78 Å². The number of aromatic amines is 1. The Kier molecular flexibility index (Phi) is 7.55. The normalized spacial score (nSPS) is 12.0. The van der Waals surface area contributed by atoms with Crippen LogP contribution in [0.25, 0.3) is 33.6 Å². The molecule has 0 bridgehead atoms. The molecule has 220 valence electrons. The van der Waals surface area contributed by atoms with E-state index < -0.39 is 17.2 Å². The summed E-state index contributed by atoms with van der Waals surface area (Å²) in [6.07, 6.45) is 2.23. The number of nitrogens with one attached hydrogen (secondary N) is 1. The molecule has 0 saturated carbocycles. The molecule has 3 heterocycles. The summed E-state index contributed by atoms with van der Waals surface area (Å²) in [5.74, 6) is 0.454. The van der Waals surface area contributed by atoms with Crippen molar-refractivity contribution in [3.05, 3.63) is 86.7 Å². The number of aryl methyl sites for hydroxylation is 4. The van der Waals surface area contributed by atoms with E-state index in [1.54, 1.807) is 40.3 Å². The molecule has 0 aliphatic rings. The van der Waals surface area contributed by atoms with E-state index in [0.29, 0.717) is 51.6 Å². The van der Waals surface area contributed by atoms with Gasteiger partial charge in [0, 0.05) is 49.5 Å².